The van der Waals surface area contributed by atoms with Crippen LogP contribution in [-0.4, -0.2) is 5.91 Å². The maximum Gasteiger partial charge on any atom is 0.223 e. The smallest absolute Gasteiger partial charge is 0.223 e. The summed E-state index contributed by atoms with van der Waals surface area (Å²) in [5, 5.41) is 1.98. The Morgan fingerprint density at radius 3 is 2.71 bits per heavy atom. The average Bonchev–Trinajstić information content (AvgIpc) is 2.54. The lowest BCUT2D eigenvalue weighted by Gasteiger charge is -2.23. The molecule has 0 aromatic carbocycles. The molecule has 0 saturated heterocycles. The molecule has 1 aromatic heterocycles. The van der Waals surface area contributed by atoms with Gasteiger partial charge in [0.25, 0.3) is 0 Å². The molecule has 1 unspecified atom stereocenters. The van der Waals surface area contributed by atoms with Crippen LogP contribution in [0.3, 0.4) is 0 Å². The Morgan fingerprint density at radius 2 is 2.29 bits per heavy atom. The largest absolute Gasteiger partial charge is 0.369 e. The van der Waals surface area contributed by atoms with Gasteiger partial charge in [0.15, 0.2) is 0 Å². The quantitative estimate of drug-likeness (QED) is 0.796. The standard InChI is InChI=1S/C10H16N2OS/c1-10(2,9(12)13)6-7(11)8-4-3-5-14-8/h3-5,7H,6,11H2,1-2H3,(H2,12,13). The molecule has 1 atom stereocenters. The lowest BCUT2D eigenvalue weighted by Crippen LogP contribution is -2.34. The molecule has 0 saturated carbocycles. The Bertz CT molecular complexity index is 306. The van der Waals surface area contributed by atoms with Crippen LogP contribution in [0.25, 0.3) is 0 Å². The van der Waals surface area contributed by atoms with E-state index in [-0.39, 0.29) is 11.9 Å². The van der Waals surface area contributed by atoms with Crippen molar-refractivity contribution in [3.63, 3.8) is 0 Å². The molecule has 0 bridgehead atoms. The van der Waals surface area contributed by atoms with Crippen LogP contribution in [0, 0.1) is 5.41 Å². The Hall–Kier alpha value is -0.870. The molecule has 4 N–H and O–H groups in total. The fraction of sp³-hybridized carbons (Fsp3) is 0.500. The van der Waals surface area contributed by atoms with E-state index in [4.69, 9.17) is 11.5 Å². The normalized spacial score (nSPS) is 13.9. The van der Waals surface area contributed by atoms with Gasteiger partial charge < -0.3 is 11.5 Å². The van der Waals surface area contributed by atoms with Crippen LogP contribution in [0.1, 0.15) is 31.2 Å². The SMILES string of the molecule is CC(C)(CC(N)c1cccs1)C(N)=O. The first-order chi connectivity index (χ1) is 6.43. The third kappa shape index (κ3) is 2.56. The number of carbonyl (C=O) groups excluding carboxylic acids is 1. The van der Waals surface area contributed by atoms with Crippen molar-refractivity contribution < 1.29 is 4.79 Å². The van der Waals surface area contributed by atoms with E-state index in [0.717, 1.165) is 4.88 Å². The predicted octanol–water partition coefficient (Wildman–Crippen LogP) is 1.65. The second kappa shape index (κ2) is 4.11. The van der Waals surface area contributed by atoms with Crippen LogP contribution in [0.5, 0.6) is 0 Å². The lowest BCUT2D eigenvalue weighted by atomic mass is 9.85. The highest BCUT2D eigenvalue weighted by Crippen LogP contribution is 2.29. The van der Waals surface area contributed by atoms with Crippen LogP contribution in [0.4, 0.5) is 0 Å². The third-order valence-electron chi connectivity index (χ3n) is 2.31. The summed E-state index contributed by atoms with van der Waals surface area (Å²) >= 11 is 1.61. The van der Waals surface area contributed by atoms with Crippen LogP contribution in [0.15, 0.2) is 17.5 Å². The highest BCUT2D eigenvalue weighted by molar-refractivity contribution is 7.10. The molecule has 1 amide bonds. The molecule has 0 aliphatic heterocycles. The third-order valence-corrected chi connectivity index (χ3v) is 3.31. The van der Waals surface area contributed by atoms with E-state index in [9.17, 15) is 4.79 Å². The van der Waals surface area contributed by atoms with Gasteiger partial charge in [0.05, 0.1) is 0 Å². The van der Waals surface area contributed by atoms with E-state index >= 15 is 0 Å². The lowest BCUT2D eigenvalue weighted by molar-refractivity contribution is -0.126. The van der Waals surface area contributed by atoms with Crippen molar-refractivity contribution in [2.24, 2.45) is 16.9 Å². The number of nitrogens with two attached hydrogens (primary N) is 2. The summed E-state index contributed by atoms with van der Waals surface area (Å²) in [4.78, 5) is 12.2. The maximum atomic E-state index is 11.1. The maximum absolute atomic E-state index is 11.1. The summed E-state index contributed by atoms with van der Waals surface area (Å²) in [5.74, 6) is -0.301. The van der Waals surface area contributed by atoms with Crippen molar-refractivity contribution in [2.45, 2.75) is 26.3 Å². The van der Waals surface area contributed by atoms with Gasteiger partial charge in [-0.25, -0.2) is 0 Å². The van der Waals surface area contributed by atoms with E-state index in [1.165, 1.54) is 0 Å². The molecule has 1 heterocycles. The van der Waals surface area contributed by atoms with Gasteiger partial charge in [0, 0.05) is 16.3 Å². The first kappa shape index (κ1) is 11.2. The van der Waals surface area contributed by atoms with E-state index in [1.807, 2.05) is 31.4 Å². The highest BCUT2D eigenvalue weighted by atomic mass is 32.1. The van der Waals surface area contributed by atoms with Crippen LogP contribution < -0.4 is 11.5 Å². The first-order valence-corrected chi connectivity index (χ1v) is 5.40. The zero-order valence-corrected chi connectivity index (χ0v) is 9.30. The molecule has 0 fully saturated rings. The van der Waals surface area contributed by atoms with Gasteiger partial charge in [0.2, 0.25) is 5.91 Å². The van der Waals surface area contributed by atoms with Gasteiger partial charge in [-0.05, 0) is 17.9 Å². The van der Waals surface area contributed by atoms with Crippen LogP contribution in [0.2, 0.25) is 0 Å². The molecular weight excluding hydrogens is 196 g/mol. The van der Waals surface area contributed by atoms with Gasteiger partial charge in [0.1, 0.15) is 0 Å². The van der Waals surface area contributed by atoms with E-state index < -0.39 is 5.41 Å². The van der Waals surface area contributed by atoms with Crippen molar-refractivity contribution in [2.75, 3.05) is 0 Å². The molecule has 4 heteroatoms. The fourth-order valence-corrected chi connectivity index (χ4v) is 1.98. The number of hydrogen-bond donors (Lipinski definition) is 2. The van der Waals surface area contributed by atoms with Gasteiger partial charge in [-0.3, -0.25) is 4.79 Å². The van der Waals surface area contributed by atoms with Gasteiger partial charge in [-0.2, -0.15) is 0 Å². The summed E-state index contributed by atoms with van der Waals surface area (Å²) in [6.45, 7) is 3.64. The molecule has 1 aromatic rings. The Balaban J connectivity index is 2.66. The predicted molar refractivity (Wildman–Crippen MR) is 58.8 cm³/mol. The second-order valence-corrected chi connectivity index (χ2v) is 5.05. The van der Waals surface area contributed by atoms with Crippen molar-refractivity contribution in [1.82, 2.24) is 0 Å². The topological polar surface area (TPSA) is 69.1 Å². The highest BCUT2D eigenvalue weighted by Gasteiger charge is 2.28. The fourth-order valence-electron chi connectivity index (χ4n) is 1.25. The van der Waals surface area contributed by atoms with E-state index in [0.29, 0.717) is 6.42 Å². The van der Waals surface area contributed by atoms with Crippen molar-refractivity contribution in [3.05, 3.63) is 22.4 Å². The molecule has 1 rings (SSSR count). The van der Waals surface area contributed by atoms with Crippen LogP contribution >= 0.6 is 11.3 Å². The van der Waals surface area contributed by atoms with Crippen LogP contribution in [-0.2, 0) is 4.79 Å². The number of rotatable bonds is 4. The summed E-state index contributed by atoms with van der Waals surface area (Å²) < 4.78 is 0. The molecule has 14 heavy (non-hydrogen) atoms. The summed E-state index contributed by atoms with van der Waals surface area (Å²) in [6, 6.07) is 3.83. The molecule has 0 aliphatic rings. The number of amides is 1. The van der Waals surface area contributed by atoms with Gasteiger partial charge in [-0.15, -0.1) is 11.3 Å². The van der Waals surface area contributed by atoms with E-state index in [2.05, 4.69) is 0 Å². The van der Waals surface area contributed by atoms with E-state index in [1.54, 1.807) is 11.3 Å². The van der Waals surface area contributed by atoms with Gasteiger partial charge in [-0.1, -0.05) is 19.9 Å². The zero-order valence-electron chi connectivity index (χ0n) is 8.49. The first-order valence-electron chi connectivity index (χ1n) is 4.52. The number of carbonyl (C=O) groups is 1. The van der Waals surface area contributed by atoms with Crippen molar-refractivity contribution in [1.29, 1.82) is 0 Å². The molecule has 0 aliphatic carbocycles. The molecular formula is C10H16N2OS. The minimum absolute atomic E-state index is 0.0995. The molecule has 0 spiro atoms. The molecule has 0 radical (unpaired) electrons. The molecule has 78 valence electrons. The van der Waals surface area contributed by atoms with Gasteiger partial charge >= 0.3 is 0 Å². The Kier molecular flexibility index (Phi) is 3.29. The average molecular weight is 212 g/mol. The zero-order chi connectivity index (χ0) is 10.8. The summed E-state index contributed by atoms with van der Waals surface area (Å²) in [6.07, 6.45) is 0.586. The van der Waals surface area contributed by atoms with Crippen molar-refractivity contribution >= 4 is 17.2 Å². The Morgan fingerprint density at radius 1 is 1.64 bits per heavy atom. The number of hydrogen-bond acceptors (Lipinski definition) is 3. The minimum atomic E-state index is -0.538. The number of primary amides is 1. The van der Waals surface area contributed by atoms with Crippen molar-refractivity contribution in [3.8, 4) is 0 Å². The summed E-state index contributed by atoms with van der Waals surface area (Å²) in [7, 11) is 0. The minimum Gasteiger partial charge on any atom is -0.369 e. The Labute approximate surface area is 88.1 Å². The second-order valence-electron chi connectivity index (χ2n) is 4.07. The monoisotopic (exact) mass is 212 g/mol. The number of thiophene rings is 1. The summed E-state index contributed by atoms with van der Waals surface area (Å²) in [5.41, 5.74) is 10.7. The molecule has 3 nitrogen and oxygen atoms in total.